The Morgan fingerprint density at radius 3 is 2.33 bits per heavy atom. The van der Waals surface area contributed by atoms with E-state index in [2.05, 4.69) is 0 Å². The molecule has 2 N–H and O–H groups in total. The van der Waals surface area contributed by atoms with Crippen LogP contribution < -0.4 is 10.2 Å². The maximum absolute atomic E-state index is 13.2. The normalized spacial score (nSPS) is 10.2. The summed E-state index contributed by atoms with van der Waals surface area (Å²) in [6, 6.07) is 10.3. The zero-order chi connectivity index (χ0) is 13.1. The van der Waals surface area contributed by atoms with Crippen LogP contribution >= 0.6 is 11.6 Å². The van der Waals surface area contributed by atoms with Gasteiger partial charge < -0.3 is 14.8 Å². The number of rotatable bonds is 3. The quantitative estimate of drug-likeness (QED) is 0.835. The molecular weight excluding hydrogens is 257 g/mol. The molecule has 2 aromatic carbocycles. The maximum atomic E-state index is 13.2. The minimum atomic E-state index is -1.53. The molecule has 0 bridgehead atoms. The first-order valence-corrected chi connectivity index (χ1v) is 5.53. The van der Waals surface area contributed by atoms with Crippen LogP contribution in [0.15, 0.2) is 42.5 Å². The van der Waals surface area contributed by atoms with Crippen LogP contribution in [0, 0.1) is 5.82 Å². The van der Waals surface area contributed by atoms with E-state index in [-0.39, 0.29) is 10.8 Å². The Bertz CT molecular complexity index is 546. The van der Waals surface area contributed by atoms with Crippen molar-refractivity contribution in [1.29, 1.82) is 0 Å². The Balaban J connectivity index is 2.21. The third-order valence-electron chi connectivity index (χ3n) is 2.32. The van der Waals surface area contributed by atoms with Gasteiger partial charge in [0.05, 0.1) is 0 Å². The van der Waals surface area contributed by atoms with Gasteiger partial charge in [-0.15, -0.1) is 0 Å². The first-order chi connectivity index (χ1) is 8.58. The number of ether oxygens (including phenoxy) is 1. The molecule has 2 rings (SSSR count). The summed E-state index contributed by atoms with van der Waals surface area (Å²) < 4.78 is 18.6. The summed E-state index contributed by atoms with van der Waals surface area (Å²) in [7, 11) is -1.53. The first kappa shape index (κ1) is 12.9. The summed E-state index contributed by atoms with van der Waals surface area (Å²) in [5.41, 5.74) is 0.340. The van der Waals surface area contributed by atoms with E-state index in [0.717, 1.165) is 0 Å². The second-order valence-corrected chi connectivity index (χ2v) is 3.97. The smallest absolute Gasteiger partial charge is 0.456 e. The van der Waals surface area contributed by atoms with Crippen LogP contribution in [0.2, 0.25) is 5.02 Å². The summed E-state index contributed by atoms with van der Waals surface area (Å²) in [5.74, 6) is 0.0671. The van der Waals surface area contributed by atoms with E-state index < -0.39 is 12.9 Å². The lowest BCUT2D eigenvalue weighted by atomic mass is 9.80. The van der Waals surface area contributed by atoms with Crippen LogP contribution in [-0.4, -0.2) is 17.2 Å². The minimum Gasteiger partial charge on any atom is -0.456 e. The van der Waals surface area contributed by atoms with Crippen LogP contribution in [0.4, 0.5) is 4.39 Å². The van der Waals surface area contributed by atoms with Gasteiger partial charge in [-0.3, -0.25) is 0 Å². The summed E-state index contributed by atoms with van der Waals surface area (Å²) in [6.07, 6.45) is 0. The van der Waals surface area contributed by atoms with Crippen LogP contribution in [0.1, 0.15) is 0 Å². The van der Waals surface area contributed by atoms with Crippen molar-refractivity contribution in [2.75, 3.05) is 0 Å². The lowest BCUT2D eigenvalue weighted by Gasteiger charge is -2.08. The van der Waals surface area contributed by atoms with E-state index in [1.54, 1.807) is 6.07 Å². The third-order valence-corrected chi connectivity index (χ3v) is 2.69. The average molecular weight is 266 g/mol. The molecule has 0 saturated carbocycles. The minimum absolute atomic E-state index is 0.0937. The van der Waals surface area contributed by atoms with Crippen LogP contribution in [0.5, 0.6) is 11.5 Å². The van der Waals surface area contributed by atoms with Crippen molar-refractivity contribution in [2.45, 2.75) is 0 Å². The Labute approximate surface area is 109 Å². The van der Waals surface area contributed by atoms with E-state index in [0.29, 0.717) is 11.2 Å². The number of hydrogen-bond acceptors (Lipinski definition) is 3. The van der Waals surface area contributed by atoms with E-state index in [4.69, 9.17) is 26.4 Å². The largest absolute Gasteiger partial charge is 0.488 e. The Kier molecular flexibility index (Phi) is 3.86. The third kappa shape index (κ3) is 2.82. The molecule has 6 heteroatoms. The van der Waals surface area contributed by atoms with Gasteiger partial charge in [-0.2, -0.15) is 0 Å². The van der Waals surface area contributed by atoms with Crippen molar-refractivity contribution in [1.82, 2.24) is 0 Å². The molecule has 3 nitrogen and oxygen atoms in total. The fourth-order valence-electron chi connectivity index (χ4n) is 1.40. The zero-order valence-electron chi connectivity index (χ0n) is 9.18. The maximum Gasteiger partial charge on any atom is 0.488 e. The van der Waals surface area contributed by atoms with Crippen molar-refractivity contribution >= 4 is 24.2 Å². The Morgan fingerprint density at radius 2 is 1.72 bits per heavy atom. The van der Waals surface area contributed by atoms with Crippen molar-refractivity contribution in [3.05, 3.63) is 53.3 Å². The predicted octanol–water partition coefficient (Wildman–Crippen LogP) is 1.95. The van der Waals surface area contributed by atoms with E-state index in [1.807, 2.05) is 0 Å². The Hall–Kier alpha value is -1.56. The second kappa shape index (κ2) is 5.39. The van der Waals surface area contributed by atoms with Crippen molar-refractivity contribution < 1.29 is 19.2 Å². The highest BCUT2D eigenvalue weighted by molar-refractivity contribution is 6.58. The molecule has 0 unspecified atom stereocenters. The van der Waals surface area contributed by atoms with Gasteiger partial charge in [0, 0.05) is 0 Å². The molecule has 0 aliphatic rings. The van der Waals surface area contributed by atoms with E-state index >= 15 is 0 Å². The number of benzene rings is 2. The summed E-state index contributed by atoms with van der Waals surface area (Å²) in [4.78, 5) is 0. The van der Waals surface area contributed by atoms with Crippen molar-refractivity contribution in [2.24, 2.45) is 0 Å². The molecule has 0 atom stereocenters. The molecule has 0 heterocycles. The van der Waals surface area contributed by atoms with Gasteiger partial charge in [-0.25, -0.2) is 4.39 Å². The molecule has 2 aromatic rings. The summed E-state index contributed by atoms with van der Waals surface area (Å²) >= 11 is 5.74. The van der Waals surface area contributed by atoms with Crippen LogP contribution in [0.25, 0.3) is 0 Å². The summed E-state index contributed by atoms with van der Waals surface area (Å²) in [5, 5.41) is 17.8. The molecule has 0 fully saturated rings. The van der Waals surface area contributed by atoms with E-state index in [9.17, 15) is 4.39 Å². The number of halogens is 2. The lowest BCUT2D eigenvalue weighted by molar-refractivity contribution is 0.425. The molecule has 0 aliphatic carbocycles. The highest BCUT2D eigenvalue weighted by Crippen LogP contribution is 2.30. The SMILES string of the molecule is OB(O)c1ccc(Oc2cccc(F)c2Cl)cc1. The van der Waals surface area contributed by atoms with Gasteiger partial charge in [0.2, 0.25) is 0 Å². The molecule has 92 valence electrons. The predicted molar refractivity (Wildman–Crippen MR) is 67.8 cm³/mol. The van der Waals surface area contributed by atoms with Crippen LogP contribution in [-0.2, 0) is 0 Å². The highest BCUT2D eigenvalue weighted by Gasteiger charge is 2.11. The number of hydrogen-bond donors (Lipinski definition) is 2. The fourth-order valence-corrected chi connectivity index (χ4v) is 1.56. The molecule has 0 aromatic heterocycles. The van der Waals surface area contributed by atoms with Gasteiger partial charge >= 0.3 is 7.12 Å². The van der Waals surface area contributed by atoms with Gasteiger partial charge in [-0.05, 0) is 29.7 Å². The van der Waals surface area contributed by atoms with Gasteiger partial charge in [0.15, 0.2) is 0 Å². The van der Waals surface area contributed by atoms with Crippen molar-refractivity contribution in [3.8, 4) is 11.5 Å². The fraction of sp³-hybridized carbons (Fsp3) is 0. The zero-order valence-corrected chi connectivity index (χ0v) is 9.93. The second-order valence-electron chi connectivity index (χ2n) is 3.60. The standard InChI is InChI=1S/C12H9BClFO3/c14-12-10(15)2-1-3-11(12)18-9-6-4-8(5-7-9)13(16)17/h1-7,16-17H. The summed E-state index contributed by atoms with van der Waals surface area (Å²) in [6.45, 7) is 0. The topological polar surface area (TPSA) is 49.7 Å². The highest BCUT2D eigenvalue weighted by atomic mass is 35.5. The molecule has 0 radical (unpaired) electrons. The monoisotopic (exact) mass is 266 g/mol. The molecule has 0 amide bonds. The molecular formula is C12H9BClFO3. The van der Waals surface area contributed by atoms with Gasteiger partial charge in [-0.1, -0.05) is 29.8 Å². The van der Waals surface area contributed by atoms with E-state index in [1.165, 1.54) is 36.4 Å². The average Bonchev–Trinajstić information content (AvgIpc) is 2.36. The molecule has 0 aliphatic heterocycles. The molecule has 0 saturated heterocycles. The molecule has 0 spiro atoms. The van der Waals surface area contributed by atoms with Gasteiger partial charge in [0.25, 0.3) is 0 Å². The van der Waals surface area contributed by atoms with Gasteiger partial charge in [0.1, 0.15) is 22.3 Å². The first-order valence-electron chi connectivity index (χ1n) is 5.16. The van der Waals surface area contributed by atoms with Crippen LogP contribution in [0.3, 0.4) is 0 Å². The Morgan fingerprint density at radius 1 is 1.06 bits per heavy atom. The lowest BCUT2D eigenvalue weighted by Crippen LogP contribution is -2.29. The molecule has 18 heavy (non-hydrogen) atoms. The van der Waals surface area contributed by atoms with Crippen molar-refractivity contribution in [3.63, 3.8) is 0 Å².